The van der Waals surface area contributed by atoms with E-state index in [1.807, 2.05) is 0 Å². The minimum Gasteiger partial charge on any atom is -0.310 e. The average molecular weight is 662 g/mol. The number of fused-ring (bicyclic) bond motifs is 13. The quantitative estimate of drug-likeness (QED) is 0.181. The van der Waals surface area contributed by atoms with Crippen molar-refractivity contribution in [1.29, 1.82) is 0 Å². The van der Waals surface area contributed by atoms with E-state index in [-0.39, 0.29) is 5.41 Å². The third kappa shape index (κ3) is 3.94. The molecule has 8 aromatic carbocycles. The molecule has 1 spiro atoms. The third-order valence-corrected chi connectivity index (χ3v) is 11.9. The van der Waals surface area contributed by atoms with Crippen molar-refractivity contribution >= 4 is 17.1 Å². The maximum atomic E-state index is 2.44. The highest BCUT2D eigenvalue weighted by Gasteiger charge is 2.51. The van der Waals surface area contributed by atoms with Crippen molar-refractivity contribution in [1.82, 2.24) is 0 Å². The summed E-state index contributed by atoms with van der Waals surface area (Å²) >= 11 is 0. The van der Waals surface area contributed by atoms with E-state index in [1.54, 1.807) is 0 Å². The minimum atomic E-state index is -0.325. The second-order valence-electron chi connectivity index (χ2n) is 14.4. The summed E-state index contributed by atoms with van der Waals surface area (Å²) in [5, 5.41) is 0. The Hall–Kier alpha value is -6.44. The number of para-hydroxylation sites is 1. The van der Waals surface area contributed by atoms with Crippen LogP contribution in [0.15, 0.2) is 188 Å². The molecule has 1 unspecified atom stereocenters. The Kier molecular flexibility index (Phi) is 6.22. The number of hydrogen-bond acceptors (Lipinski definition) is 1. The zero-order chi connectivity index (χ0) is 34.4. The molecular weight excluding hydrogens is 627 g/mol. The van der Waals surface area contributed by atoms with E-state index >= 15 is 0 Å². The first kappa shape index (κ1) is 29.3. The molecule has 0 N–H and O–H groups in total. The van der Waals surface area contributed by atoms with Crippen LogP contribution in [0.5, 0.6) is 0 Å². The van der Waals surface area contributed by atoms with Crippen molar-refractivity contribution < 1.29 is 0 Å². The van der Waals surface area contributed by atoms with E-state index in [0.717, 1.165) is 11.4 Å². The molecule has 1 atom stereocenters. The highest BCUT2D eigenvalue weighted by molar-refractivity contribution is 5.96. The lowest BCUT2D eigenvalue weighted by molar-refractivity contribution is 0.794. The lowest BCUT2D eigenvalue weighted by Crippen LogP contribution is -2.25. The molecule has 244 valence electrons. The van der Waals surface area contributed by atoms with Gasteiger partial charge in [0.2, 0.25) is 0 Å². The molecule has 0 heterocycles. The van der Waals surface area contributed by atoms with E-state index < -0.39 is 0 Å². The van der Waals surface area contributed by atoms with Gasteiger partial charge in [-0.3, -0.25) is 0 Å². The molecular formula is C51H35N. The van der Waals surface area contributed by atoms with Crippen LogP contribution in [0.25, 0.3) is 44.5 Å². The van der Waals surface area contributed by atoms with Crippen molar-refractivity contribution in [3.05, 3.63) is 221 Å². The van der Waals surface area contributed by atoms with Gasteiger partial charge in [0.05, 0.1) is 5.41 Å². The second-order valence-corrected chi connectivity index (χ2v) is 14.4. The van der Waals surface area contributed by atoms with Gasteiger partial charge < -0.3 is 4.90 Å². The molecule has 0 saturated carbocycles. The van der Waals surface area contributed by atoms with Crippen LogP contribution in [-0.4, -0.2) is 0 Å². The average Bonchev–Trinajstić information content (AvgIpc) is 3.79. The number of benzene rings is 8. The van der Waals surface area contributed by atoms with Gasteiger partial charge in [0.1, 0.15) is 0 Å². The molecule has 0 bridgehead atoms. The molecule has 3 aliphatic rings. The van der Waals surface area contributed by atoms with Gasteiger partial charge in [0, 0.05) is 23.0 Å². The van der Waals surface area contributed by atoms with Crippen LogP contribution in [0, 0.1) is 0 Å². The zero-order valence-corrected chi connectivity index (χ0v) is 28.9. The topological polar surface area (TPSA) is 3.24 Å². The Bertz CT molecular complexity index is 2670. The van der Waals surface area contributed by atoms with Crippen LogP contribution in [0.3, 0.4) is 0 Å². The SMILES string of the molecule is CC1c2ccccc2-c2ccc(N(c3ccccc3)c3cccc(-c4ccc5c(c4)-c4ccccc4C54c5ccccc5-c5ccccc54)c3)cc21. The highest BCUT2D eigenvalue weighted by Crippen LogP contribution is 2.63. The molecule has 0 saturated heterocycles. The van der Waals surface area contributed by atoms with Crippen LogP contribution in [0.1, 0.15) is 46.2 Å². The van der Waals surface area contributed by atoms with E-state index in [9.17, 15) is 0 Å². The minimum absolute atomic E-state index is 0.325. The Morgan fingerprint density at radius 2 is 0.865 bits per heavy atom. The van der Waals surface area contributed by atoms with Crippen molar-refractivity contribution in [3.63, 3.8) is 0 Å². The number of anilines is 3. The molecule has 0 aromatic heterocycles. The fourth-order valence-electron chi connectivity index (χ4n) is 9.71. The summed E-state index contributed by atoms with van der Waals surface area (Å²) < 4.78 is 0. The van der Waals surface area contributed by atoms with Gasteiger partial charge in [0.25, 0.3) is 0 Å². The van der Waals surface area contributed by atoms with E-state index in [2.05, 4.69) is 200 Å². The van der Waals surface area contributed by atoms with Crippen molar-refractivity contribution in [3.8, 4) is 44.5 Å². The number of rotatable bonds is 4. The summed E-state index contributed by atoms with van der Waals surface area (Å²) in [7, 11) is 0. The molecule has 1 heteroatoms. The molecule has 0 fully saturated rings. The molecule has 11 rings (SSSR count). The van der Waals surface area contributed by atoms with Gasteiger partial charge >= 0.3 is 0 Å². The summed E-state index contributed by atoms with van der Waals surface area (Å²) in [5.41, 5.74) is 21.9. The first-order valence-corrected chi connectivity index (χ1v) is 18.3. The fraction of sp³-hybridized carbons (Fsp3) is 0.0588. The van der Waals surface area contributed by atoms with Crippen LogP contribution >= 0.6 is 0 Å². The summed E-state index contributed by atoms with van der Waals surface area (Å²) in [6, 6.07) is 70.0. The second kappa shape index (κ2) is 11.0. The monoisotopic (exact) mass is 661 g/mol. The Morgan fingerprint density at radius 1 is 0.346 bits per heavy atom. The standard InChI is InChI=1S/C51H35N/c1-33-39-18-5-6-19-40(39)41-28-27-38(32-45(33)41)52(36-15-3-2-4-16-36)37-17-13-14-34(30-37)35-26-29-50-46(31-35)44-22-9-12-25-49(44)51(50)47-23-10-7-20-42(47)43-21-8-11-24-48(43)51/h2-33H,1H3. The van der Waals surface area contributed by atoms with Gasteiger partial charge in [-0.05, 0) is 120 Å². The summed E-state index contributed by atoms with van der Waals surface area (Å²) in [4.78, 5) is 2.41. The van der Waals surface area contributed by atoms with Crippen molar-refractivity contribution in [2.45, 2.75) is 18.3 Å². The van der Waals surface area contributed by atoms with Gasteiger partial charge in [-0.15, -0.1) is 0 Å². The Balaban J connectivity index is 1.06. The number of nitrogens with zero attached hydrogens (tertiary/aromatic N) is 1. The van der Waals surface area contributed by atoms with Gasteiger partial charge in [-0.1, -0.05) is 153 Å². The van der Waals surface area contributed by atoms with Crippen LogP contribution in [0.4, 0.5) is 17.1 Å². The summed E-state index contributed by atoms with van der Waals surface area (Å²) in [6.07, 6.45) is 0. The predicted molar refractivity (Wildman–Crippen MR) is 216 cm³/mol. The first-order chi connectivity index (χ1) is 25.7. The molecule has 0 radical (unpaired) electrons. The van der Waals surface area contributed by atoms with Gasteiger partial charge in [0.15, 0.2) is 0 Å². The maximum absolute atomic E-state index is 2.44. The van der Waals surface area contributed by atoms with E-state index in [0.29, 0.717) is 5.92 Å². The Morgan fingerprint density at radius 3 is 1.58 bits per heavy atom. The number of hydrogen-bond donors (Lipinski definition) is 0. The van der Waals surface area contributed by atoms with Gasteiger partial charge in [-0.25, -0.2) is 0 Å². The van der Waals surface area contributed by atoms with Crippen molar-refractivity contribution in [2.75, 3.05) is 4.90 Å². The van der Waals surface area contributed by atoms with E-state index in [4.69, 9.17) is 0 Å². The van der Waals surface area contributed by atoms with Crippen molar-refractivity contribution in [2.24, 2.45) is 0 Å². The van der Waals surface area contributed by atoms with E-state index in [1.165, 1.54) is 83.6 Å². The lowest BCUT2D eigenvalue weighted by Gasteiger charge is -2.30. The van der Waals surface area contributed by atoms with Crippen LogP contribution in [-0.2, 0) is 5.41 Å². The highest BCUT2D eigenvalue weighted by atomic mass is 15.1. The molecule has 3 aliphatic carbocycles. The fourth-order valence-corrected chi connectivity index (χ4v) is 9.71. The molecule has 52 heavy (non-hydrogen) atoms. The van der Waals surface area contributed by atoms with Crippen LogP contribution < -0.4 is 4.90 Å². The maximum Gasteiger partial charge on any atom is 0.0725 e. The largest absolute Gasteiger partial charge is 0.310 e. The first-order valence-electron chi connectivity index (χ1n) is 18.3. The predicted octanol–water partition coefficient (Wildman–Crippen LogP) is 13.3. The lowest BCUT2D eigenvalue weighted by atomic mass is 9.70. The summed E-state index contributed by atoms with van der Waals surface area (Å²) in [6.45, 7) is 2.33. The molecule has 0 aliphatic heterocycles. The summed E-state index contributed by atoms with van der Waals surface area (Å²) in [5.74, 6) is 0.353. The third-order valence-electron chi connectivity index (χ3n) is 11.9. The normalized spacial score (nSPS) is 15.0. The Labute approximate surface area is 305 Å². The smallest absolute Gasteiger partial charge is 0.0725 e. The van der Waals surface area contributed by atoms with Gasteiger partial charge in [-0.2, -0.15) is 0 Å². The van der Waals surface area contributed by atoms with Crippen LogP contribution in [0.2, 0.25) is 0 Å². The zero-order valence-electron chi connectivity index (χ0n) is 28.9. The molecule has 1 nitrogen and oxygen atoms in total. The molecule has 0 amide bonds. The molecule has 8 aromatic rings.